The van der Waals surface area contributed by atoms with Gasteiger partial charge in [0.1, 0.15) is 0 Å². The number of nitrogens with zero attached hydrogens (tertiary/aromatic N) is 2. The van der Waals surface area contributed by atoms with Gasteiger partial charge >= 0.3 is 0 Å². The molecule has 0 spiro atoms. The number of hydrogen-bond donors (Lipinski definition) is 0. The van der Waals surface area contributed by atoms with Gasteiger partial charge in [0, 0.05) is 6.42 Å². The molecule has 1 aromatic heterocycles. The molecule has 1 rings (SSSR count). The summed E-state index contributed by atoms with van der Waals surface area (Å²) in [6.45, 7) is 4.12. The van der Waals surface area contributed by atoms with Gasteiger partial charge in [0.05, 0.1) is 5.75 Å². The van der Waals surface area contributed by atoms with E-state index in [-0.39, 0.29) is 0 Å². The third kappa shape index (κ3) is 2.54. The maximum atomic E-state index is 4.94. The lowest BCUT2D eigenvalue weighted by Crippen LogP contribution is -1.84. The molecule has 0 aliphatic rings. The molecule has 0 amide bonds. The summed E-state index contributed by atoms with van der Waals surface area (Å²) in [5.41, 5.74) is 0. The standard InChI is InChI=1S/C7H12N2OS/c1-3-7-8-6(9-10-7)5-11-4-2/h3-5H2,1-2H3. The summed E-state index contributed by atoms with van der Waals surface area (Å²) in [6.07, 6.45) is 0.823. The summed E-state index contributed by atoms with van der Waals surface area (Å²) in [5.74, 6) is 3.50. The molecular weight excluding hydrogens is 160 g/mol. The molecule has 1 heterocycles. The van der Waals surface area contributed by atoms with Crippen LogP contribution in [0.1, 0.15) is 25.6 Å². The molecule has 4 heteroatoms. The first-order chi connectivity index (χ1) is 5.36. The van der Waals surface area contributed by atoms with Crippen LogP contribution in [0.25, 0.3) is 0 Å². The minimum atomic E-state index is 0.733. The van der Waals surface area contributed by atoms with Crippen molar-refractivity contribution >= 4 is 11.8 Å². The predicted octanol–water partition coefficient (Wildman–Crippen LogP) is 1.89. The maximum Gasteiger partial charge on any atom is 0.226 e. The molecule has 3 nitrogen and oxygen atoms in total. The third-order valence-electron chi connectivity index (χ3n) is 1.25. The van der Waals surface area contributed by atoms with Crippen molar-refractivity contribution in [2.45, 2.75) is 26.0 Å². The first-order valence-corrected chi connectivity index (χ1v) is 4.91. The molecule has 1 aromatic rings. The highest BCUT2D eigenvalue weighted by molar-refractivity contribution is 7.98. The lowest BCUT2D eigenvalue weighted by Gasteiger charge is -1.87. The average Bonchev–Trinajstić information content (AvgIpc) is 2.48. The molecule has 0 radical (unpaired) electrons. The monoisotopic (exact) mass is 172 g/mol. The second-order valence-electron chi connectivity index (χ2n) is 2.10. The van der Waals surface area contributed by atoms with E-state index in [0.717, 1.165) is 29.6 Å². The van der Waals surface area contributed by atoms with Crippen molar-refractivity contribution in [3.05, 3.63) is 11.7 Å². The zero-order chi connectivity index (χ0) is 8.10. The summed E-state index contributed by atoms with van der Waals surface area (Å²) in [4.78, 5) is 4.17. The SMILES string of the molecule is CCSCc1noc(CC)n1. The second kappa shape index (κ2) is 4.38. The molecule has 0 atom stereocenters. The molecule has 11 heavy (non-hydrogen) atoms. The van der Waals surface area contributed by atoms with Gasteiger partial charge in [-0.25, -0.2) is 0 Å². The van der Waals surface area contributed by atoms with E-state index in [4.69, 9.17) is 4.52 Å². The van der Waals surface area contributed by atoms with Gasteiger partial charge in [-0.05, 0) is 5.75 Å². The Hall–Kier alpha value is -0.510. The average molecular weight is 172 g/mol. The van der Waals surface area contributed by atoms with E-state index < -0.39 is 0 Å². The van der Waals surface area contributed by atoms with Gasteiger partial charge in [-0.2, -0.15) is 16.7 Å². The van der Waals surface area contributed by atoms with E-state index in [1.165, 1.54) is 0 Å². The van der Waals surface area contributed by atoms with Gasteiger partial charge in [0.25, 0.3) is 0 Å². The molecule has 0 bridgehead atoms. The largest absolute Gasteiger partial charge is 0.339 e. The maximum absolute atomic E-state index is 4.94. The molecule has 0 aliphatic carbocycles. The summed E-state index contributed by atoms with van der Waals surface area (Å²) in [5, 5.41) is 3.82. The minimum absolute atomic E-state index is 0.733. The number of aromatic nitrogens is 2. The van der Waals surface area contributed by atoms with Crippen molar-refractivity contribution < 1.29 is 4.52 Å². The van der Waals surface area contributed by atoms with Gasteiger partial charge in [0.2, 0.25) is 5.89 Å². The zero-order valence-electron chi connectivity index (χ0n) is 6.83. The molecule has 0 fully saturated rings. The van der Waals surface area contributed by atoms with Crippen LogP contribution in [0.2, 0.25) is 0 Å². The minimum Gasteiger partial charge on any atom is -0.339 e. The summed E-state index contributed by atoms with van der Waals surface area (Å²) in [6, 6.07) is 0. The van der Waals surface area contributed by atoms with Crippen molar-refractivity contribution in [2.75, 3.05) is 5.75 Å². The fourth-order valence-electron chi connectivity index (χ4n) is 0.686. The fourth-order valence-corrected chi connectivity index (χ4v) is 1.19. The van der Waals surface area contributed by atoms with Crippen LogP contribution in [0.4, 0.5) is 0 Å². The van der Waals surface area contributed by atoms with Crippen LogP contribution in [0.3, 0.4) is 0 Å². The van der Waals surface area contributed by atoms with Crippen molar-refractivity contribution in [3.63, 3.8) is 0 Å². The van der Waals surface area contributed by atoms with Gasteiger partial charge in [-0.15, -0.1) is 0 Å². The summed E-state index contributed by atoms with van der Waals surface area (Å²) >= 11 is 1.80. The van der Waals surface area contributed by atoms with Gasteiger partial charge in [0.15, 0.2) is 5.82 Å². The highest BCUT2D eigenvalue weighted by atomic mass is 32.2. The molecular formula is C7H12N2OS. The molecule has 0 N–H and O–H groups in total. The van der Waals surface area contributed by atoms with Crippen molar-refractivity contribution in [1.29, 1.82) is 0 Å². The second-order valence-corrected chi connectivity index (χ2v) is 3.37. The van der Waals surface area contributed by atoms with Crippen LogP contribution in [0.5, 0.6) is 0 Å². The Balaban J connectivity index is 2.44. The molecule has 0 unspecified atom stereocenters. The summed E-state index contributed by atoms with van der Waals surface area (Å²) in [7, 11) is 0. The highest BCUT2D eigenvalue weighted by Gasteiger charge is 2.02. The Kier molecular flexibility index (Phi) is 3.42. The summed E-state index contributed by atoms with van der Waals surface area (Å²) < 4.78 is 4.94. The Labute approximate surface area is 70.6 Å². The Bertz CT molecular complexity index is 212. The van der Waals surface area contributed by atoms with Crippen molar-refractivity contribution in [3.8, 4) is 0 Å². The number of rotatable bonds is 4. The van der Waals surface area contributed by atoms with Crippen LogP contribution < -0.4 is 0 Å². The highest BCUT2D eigenvalue weighted by Crippen LogP contribution is 2.08. The van der Waals surface area contributed by atoms with Crippen molar-refractivity contribution in [1.82, 2.24) is 10.1 Å². The van der Waals surface area contributed by atoms with E-state index in [0.29, 0.717) is 0 Å². The van der Waals surface area contributed by atoms with Gasteiger partial charge < -0.3 is 4.52 Å². The smallest absolute Gasteiger partial charge is 0.226 e. The van der Waals surface area contributed by atoms with Gasteiger partial charge in [-0.3, -0.25) is 0 Å². The quantitative estimate of drug-likeness (QED) is 0.695. The lowest BCUT2D eigenvalue weighted by molar-refractivity contribution is 0.378. The van der Waals surface area contributed by atoms with Crippen molar-refractivity contribution in [2.24, 2.45) is 0 Å². The molecule has 62 valence electrons. The van der Waals surface area contributed by atoms with Crippen LogP contribution in [-0.4, -0.2) is 15.9 Å². The Morgan fingerprint density at radius 1 is 1.45 bits per heavy atom. The molecule has 0 aliphatic heterocycles. The zero-order valence-corrected chi connectivity index (χ0v) is 7.65. The first-order valence-electron chi connectivity index (χ1n) is 3.76. The van der Waals surface area contributed by atoms with E-state index in [1.54, 1.807) is 11.8 Å². The van der Waals surface area contributed by atoms with E-state index in [1.807, 2.05) is 6.92 Å². The molecule has 0 saturated carbocycles. The fraction of sp³-hybridized carbons (Fsp3) is 0.714. The van der Waals surface area contributed by atoms with E-state index >= 15 is 0 Å². The Morgan fingerprint density at radius 3 is 2.82 bits per heavy atom. The van der Waals surface area contributed by atoms with E-state index in [2.05, 4.69) is 17.1 Å². The normalized spacial score (nSPS) is 10.4. The van der Waals surface area contributed by atoms with Gasteiger partial charge in [-0.1, -0.05) is 19.0 Å². The number of thioether (sulfide) groups is 1. The Morgan fingerprint density at radius 2 is 2.27 bits per heavy atom. The van der Waals surface area contributed by atoms with Crippen LogP contribution in [0, 0.1) is 0 Å². The lowest BCUT2D eigenvalue weighted by atomic mass is 10.5. The number of hydrogen-bond acceptors (Lipinski definition) is 4. The first kappa shape index (κ1) is 8.59. The van der Waals surface area contributed by atoms with E-state index in [9.17, 15) is 0 Å². The van der Waals surface area contributed by atoms with Crippen LogP contribution in [-0.2, 0) is 12.2 Å². The van der Waals surface area contributed by atoms with Crippen LogP contribution in [0.15, 0.2) is 4.52 Å². The topological polar surface area (TPSA) is 38.9 Å². The van der Waals surface area contributed by atoms with Crippen LogP contribution >= 0.6 is 11.8 Å². The third-order valence-corrected chi connectivity index (χ3v) is 2.12. The predicted molar refractivity (Wildman–Crippen MR) is 45.5 cm³/mol. The number of aryl methyl sites for hydroxylation is 1. The molecule has 0 saturated heterocycles. The molecule has 0 aromatic carbocycles.